The summed E-state index contributed by atoms with van der Waals surface area (Å²) >= 11 is 5.96. The minimum Gasteiger partial charge on any atom is -0.378 e. The van der Waals surface area contributed by atoms with Crippen molar-refractivity contribution in [1.82, 2.24) is 15.0 Å². The van der Waals surface area contributed by atoms with Crippen molar-refractivity contribution in [1.29, 1.82) is 0 Å². The second-order valence-electron chi connectivity index (χ2n) is 6.87. The van der Waals surface area contributed by atoms with Gasteiger partial charge in [-0.1, -0.05) is 23.7 Å². The molecule has 1 N–H and O–H groups in total. The molecule has 0 spiro atoms. The number of benzene rings is 1. The van der Waals surface area contributed by atoms with Crippen molar-refractivity contribution in [3.8, 4) is 0 Å². The molecule has 28 heavy (non-hydrogen) atoms. The lowest BCUT2D eigenvalue weighted by molar-refractivity contribution is 0.122. The third-order valence-corrected chi connectivity index (χ3v) is 5.13. The van der Waals surface area contributed by atoms with Gasteiger partial charge in [-0.15, -0.1) is 0 Å². The Morgan fingerprint density at radius 2 is 1.57 bits per heavy atom. The number of anilines is 3. The average molecular weight is 402 g/mol. The Bertz CT molecular complexity index is 831. The van der Waals surface area contributed by atoms with Gasteiger partial charge in [-0.05, 0) is 37.5 Å². The Morgan fingerprint density at radius 3 is 2.21 bits per heavy atom. The van der Waals surface area contributed by atoms with Crippen LogP contribution in [-0.4, -0.2) is 60.1 Å². The lowest BCUT2D eigenvalue weighted by atomic mass is 10.1. The van der Waals surface area contributed by atoms with E-state index < -0.39 is 0 Å². The number of rotatable bonds is 5. The quantitative estimate of drug-likeness (QED) is 0.609. The van der Waals surface area contributed by atoms with Crippen molar-refractivity contribution in [2.75, 3.05) is 54.6 Å². The number of hydrogen-bond acceptors (Lipinski definition) is 8. The summed E-state index contributed by atoms with van der Waals surface area (Å²) in [7, 11) is 0. The van der Waals surface area contributed by atoms with Crippen LogP contribution in [-0.2, 0) is 4.74 Å². The zero-order valence-electron chi connectivity index (χ0n) is 15.9. The summed E-state index contributed by atoms with van der Waals surface area (Å²) in [5.74, 6) is 1.82. The zero-order valence-corrected chi connectivity index (χ0v) is 16.7. The monoisotopic (exact) mass is 401 g/mol. The Hall–Kier alpha value is -2.45. The van der Waals surface area contributed by atoms with E-state index in [1.165, 1.54) is 0 Å². The first-order valence-corrected chi connectivity index (χ1v) is 9.97. The summed E-state index contributed by atoms with van der Waals surface area (Å²) < 4.78 is 5.45. The van der Waals surface area contributed by atoms with Crippen molar-refractivity contribution >= 4 is 35.2 Å². The number of nitrogens with one attached hydrogen (secondary N) is 1. The Labute approximate surface area is 169 Å². The van der Waals surface area contributed by atoms with Gasteiger partial charge in [0.15, 0.2) is 0 Å². The van der Waals surface area contributed by atoms with Gasteiger partial charge in [0.25, 0.3) is 0 Å². The van der Waals surface area contributed by atoms with Crippen molar-refractivity contribution in [3.63, 3.8) is 0 Å². The standard InChI is InChI=1S/C19H24ClN7O/c1-14(15-4-6-16(20)7-5-15)24-25-17-21-18(26-8-2-3-9-26)23-19(22-17)27-10-12-28-13-11-27/h4-7H,2-3,8-13H2,1H3,(H,21,22,23,25)/b24-14+. The van der Waals surface area contributed by atoms with Gasteiger partial charge < -0.3 is 14.5 Å². The molecule has 3 heterocycles. The maximum atomic E-state index is 5.96. The molecule has 2 saturated heterocycles. The van der Waals surface area contributed by atoms with Gasteiger partial charge in [0.1, 0.15) is 0 Å². The van der Waals surface area contributed by atoms with E-state index in [0.29, 0.717) is 36.1 Å². The SMILES string of the molecule is C/C(=N\Nc1nc(N2CCCC2)nc(N2CCOCC2)n1)c1ccc(Cl)cc1. The number of morpholine rings is 1. The van der Waals surface area contributed by atoms with Gasteiger partial charge in [-0.3, -0.25) is 0 Å². The molecule has 1 aromatic carbocycles. The highest BCUT2D eigenvalue weighted by Crippen LogP contribution is 2.21. The van der Waals surface area contributed by atoms with Crippen LogP contribution in [0.15, 0.2) is 29.4 Å². The smallest absolute Gasteiger partial charge is 0.250 e. The molecule has 0 unspecified atom stereocenters. The van der Waals surface area contributed by atoms with Crippen molar-refractivity contribution < 1.29 is 4.74 Å². The summed E-state index contributed by atoms with van der Waals surface area (Å²) in [5, 5.41) is 5.16. The van der Waals surface area contributed by atoms with E-state index in [1.54, 1.807) is 0 Å². The number of nitrogens with zero attached hydrogens (tertiary/aromatic N) is 6. The predicted molar refractivity (Wildman–Crippen MR) is 112 cm³/mol. The lowest BCUT2D eigenvalue weighted by Crippen LogP contribution is -2.38. The van der Waals surface area contributed by atoms with Gasteiger partial charge in [-0.2, -0.15) is 20.1 Å². The minimum atomic E-state index is 0.451. The number of hydrogen-bond donors (Lipinski definition) is 1. The first kappa shape index (κ1) is 18.9. The molecule has 8 nitrogen and oxygen atoms in total. The molecule has 0 amide bonds. The maximum Gasteiger partial charge on any atom is 0.250 e. The highest BCUT2D eigenvalue weighted by Gasteiger charge is 2.21. The molecule has 2 aliphatic heterocycles. The third-order valence-electron chi connectivity index (χ3n) is 4.88. The summed E-state index contributed by atoms with van der Waals surface area (Å²) in [4.78, 5) is 18.2. The van der Waals surface area contributed by atoms with Crippen LogP contribution in [0.5, 0.6) is 0 Å². The Morgan fingerprint density at radius 1 is 0.964 bits per heavy atom. The molecule has 9 heteroatoms. The first-order chi connectivity index (χ1) is 13.7. The molecule has 2 aromatic rings. The molecule has 0 saturated carbocycles. The Kier molecular flexibility index (Phi) is 5.87. The molecular weight excluding hydrogens is 378 g/mol. The number of hydrazone groups is 1. The predicted octanol–water partition coefficient (Wildman–Crippen LogP) is 2.80. The van der Waals surface area contributed by atoms with E-state index in [9.17, 15) is 0 Å². The van der Waals surface area contributed by atoms with Gasteiger partial charge in [0.05, 0.1) is 18.9 Å². The fourth-order valence-electron chi connectivity index (χ4n) is 3.26. The van der Waals surface area contributed by atoms with Crippen LogP contribution in [0.4, 0.5) is 17.8 Å². The van der Waals surface area contributed by atoms with E-state index in [1.807, 2.05) is 31.2 Å². The van der Waals surface area contributed by atoms with Crippen molar-refractivity contribution in [3.05, 3.63) is 34.9 Å². The van der Waals surface area contributed by atoms with Crippen LogP contribution < -0.4 is 15.2 Å². The zero-order chi connectivity index (χ0) is 19.3. The van der Waals surface area contributed by atoms with Crippen LogP contribution in [0.25, 0.3) is 0 Å². The molecule has 0 radical (unpaired) electrons. The fourth-order valence-corrected chi connectivity index (χ4v) is 3.38. The first-order valence-electron chi connectivity index (χ1n) is 9.59. The highest BCUT2D eigenvalue weighted by molar-refractivity contribution is 6.30. The molecule has 0 aliphatic carbocycles. The van der Waals surface area contributed by atoms with Gasteiger partial charge >= 0.3 is 0 Å². The lowest BCUT2D eigenvalue weighted by Gasteiger charge is -2.27. The van der Waals surface area contributed by atoms with Crippen LogP contribution >= 0.6 is 11.6 Å². The molecule has 0 atom stereocenters. The highest BCUT2D eigenvalue weighted by atomic mass is 35.5. The van der Waals surface area contributed by atoms with E-state index in [2.05, 4.69) is 30.3 Å². The van der Waals surface area contributed by atoms with Gasteiger partial charge in [0.2, 0.25) is 17.8 Å². The molecular formula is C19H24ClN7O. The van der Waals surface area contributed by atoms with Crippen LogP contribution in [0, 0.1) is 0 Å². The van der Waals surface area contributed by atoms with Crippen molar-refractivity contribution in [2.45, 2.75) is 19.8 Å². The molecule has 148 valence electrons. The summed E-state index contributed by atoms with van der Waals surface area (Å²) in [6, 6.07) is 7.57. The molecule has 1 aromatic heterocycles. The maximum absolute atomic E-state index is 5.96. The summed E-state index contributed by atoms with van der Waals surface area (Å²) in [6.07, 6.45) is 2.32. The van der Waals surface area contributed by atoms with Crippen LogP contribution in [0.1, 0.15) is 25.3 Å². The van der Waals surface area contributed by atoms with Gasteiger partial charge in [-0.25, -0.2) is 5.43 Å². The van der Waals surface area contributed by atoms with Crippen LogP contribution in [0.2, 0.25) is 5.02 Å². The second-order valence-corrected chi connectivity index (χ2v) is 7.30. The molecule has 2 aliphatic rings. The molecule has 0 bridgehead atoms. The van der Waals surface area contributed by atoms with Crippen molar-refractivity contribution in [2.24, 2.45) is 5.10 Å². The van der Waals surface area contributed by atoms with Crippen LogP contribution in [0.3, 0.4) is 0 Å². The van der Waals surface area contributed by atoms with Gasteiger partial charge in [0, 0.05) is 31.2 Å². The fraction of sp³-hybridized carbons (Fsp3) is 0.474. The van der Waals surface area contributed by atoms with E-state index in [0.717, 1.165) is 50.3 Å². The second kappa shape index (κ2) is 8.70. The van der Waals surface area contributed by atoms with E-state index in [4.69, 9.17) is 21.3 Å². The number of halogens is 1. The normalized spacial score (nSPS) is 17.9. The topological polar surface area (TPSA) is 78.8 Å². The largest absolute Gasteiger partial charge is 0.378 e. The molecule has 2 fully saturated rings. The molecule has 4 rings (SSSR count). The summed E-state index contributed by atoms with van der Waals surface area (Å²) in [5.41, 5.74) is 4.82. The van der Waals surface area contributed by atoms with E-state index in [-0.39, 0.29) is 0 Å². The summed E-state index contributed by atoms with van der Waals surface area (Å²) in [6.45, 7) is 6.79. The average Bonchev–Trinajstić information content (AvgIpc) is 3.28. The number of ether oxygens (including phenoxy) is 1. The minimum absolute atomic E-state index is 0.451. The third kappa shape index (κ3) is 4.51. The Balaban J connectivity index is 1.58. The van der Waals surface area contributed by atoms with E-state index >= 15 is 0 Å². The number of aromatic nitrogens is 3.